The zero-order valence-electron chi connectivity index (χ0n) is 9.87. The molecule has 0 saturated carbocycles. The Hall–Kier alpha value is -2.36. The molecule has 0 aliphatic heterocycles. The summed E-state index contributed by atoms with van der Waals surface area (Å²) in [5, 5.41) is 10.9. The van der Waals surface area contributed by atoms with Gasteiger partial charge in [0, 0.05) is 12.6 Å². The van der Waals surface area contributed by atoms with Crippen molar-refractivity contribution in [1.82, 2.24) is 5.32 Å². The van der Waals surface area contributed by atoms with Gasteiger partial charge in [-0.2, -0.15) is 0 Å². The summed E-state index contributed by atoms with van der Waals surface area (Å²) < 4.78 is 0. The summed E-state index contributed by atoms with van der Waals surface area (Å²) in [7, 11) is 0. The number of hydrogen-bond donors (Lipinski definition) is 2. The van der Waals surface area contributed by atoms with E-state index in [4.69, 9.17) is 5.11 Å². The van der Waals surface area contributed by atoms with Crippen LogP contribution in [0.4, 0.5) is 0 Å². The van der Waals surface area contributed by atoms with Crippen LogP contribution in [-0.4, -0.2) is 23.5 Å². The Bertz CT molecular complexity index is 449. The van der Waals surface area contributed by atoms with Gasteiger partial charge in [-0.3, -0.25) is 9.59 Å². The number of benzene rings is 1. The van der Waals surface area contributed by atoms with E-state index in [2.05, 4.69) is 5.32 Å². The normalized spacial score (nSPS) is 10.9. The van der Waals surface area contributed by atoms with Crippen molar-refractivity contribution in [2.45, 2.75) is 6.42 Å². The maximum atomic E-state index is 11.2. The minimum Gasteiger partial charge on any atom is -0.481 e. The molecule has 4 heteroatoms. The molecule has 1 aromatic rings. The zero-order valence-corrected chi connectivity index (χ0v) is 9.87. The Morgan fingerprint density at radius 3 is 2.56 bits per heavy atom. The fourth-order valence-corrected chi connectivity index (χ4v) is 1.23. The average Bonchev–Trinajstić information content (AvgIpc) is 2.35. The van der Waals surface area contributed by atoms with Crippen LogP contribution in [0, 0.1) is 0 Å². The summed E-state index contributed by atoms with van der Waals surface area (Å²) in [6.45, 7) is 0.140. The summed E-state index contributed by atoms with van der Waals surface area (Å²) in [6.07, 6.45) is 6.54. The summed E-state index contributed by atoms with van der Waals surface area (Å²) in [6, 6.07) is 9.71. The molecule has 0 radical (unpaired) electrons. The van der Waals surface area contributed by atoms with E-state index in [0.29, 0.717) is 0 Å². The average molecular weight is 245 g/mol. The highest BCUT2D eigenvalue weighted by atomic mass is 16.4. The third-order valence-electron chi connectivity index (χ3n) is 2.09. The Morgan fingerprint density at radius 2 is 1.89 bits per heavy atom. The molecule has 1 amide bonds. The number of rotatable bonds is 6. The van der Waals surface area contributed by atoms with Gasteiger partial charge in [0.2, 0.25) is 5.91 Å². The van der Waals surface area contributed by atoms with Crippen LogP contribution in [0.5, 0.6) is 0 Å². The third kappa shape index (κ3) is 6.27. The fourth-order valence-electron chi connectivity index (χ4n) is 1.23. The lowest BCUT2D eigenvalue weighted by molar-refractivity contribution is -0.136. The summed E-state index contributed by atoms with van der Waals surface area (Å²) in [5.74, 6) is -1.22. The van der Waals surface area contributed by atoms with Crippen LogP contribution in [0.2, 0.25) is 0 Å². The lowest BCUT2D eigenvalue weighted by atomic mass is 10.2. The summed E-state index contributed by atoms with van der Waals surface area (Å²) in [5.41, 5.74) is 1.05. The molecule has 0 aliphatic carbocycles. The predicted molar refractivity (Wildman–Crippen MR) is 69.9 cm³/mol. The highest BCUT2D eigenvalue weighted by molar-refractivity contribution is 5.88. The van der Waals surface area contributed by atoms with Crippen molar-refractivity contribution in [3.05, 3.63) is 54.1 Å². The predicted octanol–water partition coefficient (Wildman–Crippen LogP) is 1.85. The van der Waals surface area contributed by atoms with Crippen molar-refractivity contribution < 1.29 is 14.7 Å². The van der Waals surface area contributed by atoms with Crippen molar-refractivity contribution in [2.24, 2.45) is 0 Å². The Labute approximate surface area is 106 Å². The molecule has 1 rings (SSSR count). The van der Waals surface area contributed by atoms with Crippen LogP contribution in [-0.2, 0) is 9.59 Å². The van der Waals surface area contributed by atoms with E-state index in [1.807, 2.05) is 36.4 Å². The minimum absolute atomic E-state index is 0.0700. The number of nitrogens with one attached hydrogen (secondary N) is 1. The molecule has 0 saturated heterocycles. The number of allylic oxidation sites excluding steroid dienone is 2. The number of hydrogen-bond acceptors (Lipinski definition) is 2. The van der Waals surface area contributed by atoms with Crippen molar-refractivity contribution >= 4 is 18.0 Å². The molecule has 0 spiro atoms. The smallest absolute Gasteiger partial charge is 0.305 e. The molecule has 2 N–H and O–H groups in total. The van der Waals surface area contributed by atoms with Crippen LogP contribution in [0.15, 0.2) is 48.6 Å². The Kier molecular flexibility index (Phi) is 5.97. The number of amides is 1. The highest BCUT2D eigenvalue weighted by Gasteiger charge is 1.97. The number of carbonyl (C=O) groups excluding carboxylic acids is 1. The van der Waals surface area contributed by atoms with Gasteiger partial charge in [0.05, 0.1) is 6.42 Å². The second kappa shape index (κ2) is 7.84. The van der Waals surface area contributed by atoms with Crippen LogP contribution >= 0.6 is 0 Å². The SMILES string of the molecule is O=C(O)CCNC(=O)C=CC=Cc1ccccc1. The van der Waals surface area contributed by atoms with E-state index < -0.39 is 5.97 Å². The van der Waals surface area contributed by atoms with Gasteiger partial charge in [-0.25, -0.2) is 0 Å². The second-order valence-corrected chi connectivity index (χ2v) is 3.56. The van der Waals surface area contributed by atoms with Gasteiger partial charge in [-0.1, -0.05) is 48.6 Å². The Balaban J connectivity index is 2.30. The molecule has 0 atom stereocenters. The van der Waals surface area contributed by atoms with E-state index in [-0.39, 0.29) is 18.9 Å². The third-order valence-corrected chi connectivity index (χ3v) is 2.09. The van der Waals surface area contributed by atoms with E-state index in [0.717, 1.165) is 5.56 Å². The lowest BCUT2D eigenvalue weighted by Gasteiger charge is -1.97. The molecule has 0 aliphatic rings. The van der Waals surface area contributed by atoms with Crippen LogP contribution < -0.4 is 5.32 Å². The van der Waals surface area contributed by atoms with Gasteiger partial charge in [-0.15, -0.1) is 0 Å². The molecule has 0 fully saturated rings. The van der Waals surface area contributed by atoms with Crippen LogP contribution in [0.25, 0.3) is 6.08 Å². The van der Waals surface area contributed by atoms with Gasteiger partial charge in [0.15, 0.2) is 0 Å². The number of carboxylic acids is 1. The first kappa shape index (κ1) is 13.7. The van der Waals surface area contributed by atoms with Gasteiger partial charge >= 0.3 is 5.97 Å². The first-order valence-electron chi connectivity index (χ1n) is 5.58. The number of carbonyl (C=O) groups is 2. The maximum Gasteiger partial charge on any atom is 0.305 e. The lowest BCUT2D eigenvalue weighted by Crippen LogP contribution is -2.23. The van der Waals surface area contributed by atoms with Crippen molar-refractivity contribution in [1.29, 1.82) is 0 Å². The topological polar surface area (TPSA) is 66.4 Å². The first-order chi connectivity index (χ1) is 8.68. The van der Waals surface area contributed by atoms with E-state index in [9.17, 15) is 9.59 Å². The van der Waals surface area contributed by atoms with Crippen molar-refractivity contribution in [2.75, 3.05) is 6.54 Å². The first-order valence-corrected chi connectivity index (χ1v) is 5.58. The maximum absolute atomic E-state index is 11.2. The number of carboxylic acid groups (broad SMARTS) is 1. The second-order valence-electron chi connectivity index (χ2n) is 3.56. The van der Waals surface area contributed by atoms with E-state index >= 15 is 0 Å². The monoisotopic (exact) mass is 245 g/mol. The molecule has 94 valence electrons. The molecule has 0 unspecified atom stereocenters. The van der Waals surface area contributed by atoms with Crippen LogP contribution in [0.3, 0.4) is 0 Å². The quantitative estimate of drug-likeness (QED) is 0.593. The highest BCUT2D eigenvalue weighted by Crippen LogP contribution is 2.00. The van der Waals surface area contributed by atoms with Crippen LogP contribution in [0.1, 0.15) is 12.0 Å². The Morgan fingerprint density at radius 1 is 1.17 bits per heavy atom. The molecule has 0 aromatic heterocycles. The van der Waals surface area contributed by atoms with Gasteiger partial charge < -0.3 is 10.4 Å². The molecule has 0 heterocycles. The van der Waals surface area contributed by atoms with Crippen molar-refractivity contribution in [3.8, 4) is 0 Å². The van der Waals surface area contributed by atoms with E-state index in [1.165, 1.54) is 6.08 Å². The molecule has 0 bridgehead atoms. The zero-order chi connectivity index (χ0) is 13.2. The van der Waals surface area contributed by atoms with Gasteiger partial charge in [0.1, 0.15) is 0 Å². The van der Waals surface area contributed by atoms with Crippen molar-refractivity contribution in [3.63, 3.8) is 0 Å². The fraction of sp³-hybridized carbons (Fsp3) is 0.143. The summed E-state index contributed by atoms with van der Waals surface area (Å²) in [4.78, 5) is 21.4. The molecule has 18 heavy (non-hydrogen) atoms. The van der Waals surface area contributed by atoms with Gasteiger partial charge in [0.25, 0.3) is 0 Å². The molecular weight excluding hydrogens is 230 g/mol. The molecule has 1 aromatic carbocycles. The standard InChI is InChI=1S/C14H15NO3/c16-13(15-11-10-14(17)18)9-5-4-8-12-6-2-1-3-7-12/h1-9H,10-11H2,(H,15,16)(H,17,18). The van der Waals surface area contributed by atoms with Gasteiger partial charge in [-0.05, 0) is 5.56 Å². The summed E-state index contributed by atoms with van der Waals surface area (Å²) >= 11 is 0. The largest absolute Gasteiger partial charge is 0.481 e. The van der Waals surface area contributed by atoms with E-state index in [1.54, 1.807) is 12.2 Å². The molecule has 4 nitrogen and oxygen atoms in total. The number of aliphatic carboxylic acids is 1. The molecular formula is C14H15NO3. The minimum atomic E-state index is -0.928.